The van der Waals surface area contributed by atoms with Gasteiger partial charge in [-0.25, -0.2) is 8.42 Å². The third-order valence-corrected chi connectivity index (χ3v) is 7.05. The summed E-state index contributed by atoms with van der Waals surface area (Å²) in [5, 5.41) is 2.98. The SMILES string of the molecule is CC(C)(CNC(=O)C1CCS(=O)(=O)C1)N1CCc2ccccc2C1. The minimum Gasteiger partial charge on any atom is -0.354 e. The van der Waals surface area contributed by atoms with Gasteiger partial charge in [0.2, 0.25) is 5.91 Å². The van der Waals surface area contributed by atoms with E-state index in [1.807, 2.05) is 0 Å². The lowest BCUT2D eigenvalue weighted by atomic mass is 9.94. The summed E-state index contributed by atoms with van der Waals surface area (Å²) in [6.45, 7) is 6.65. The highest BCUT2D eigenvalue weighted by molar-refractivity contribution is 7.91. The van der Waals surface area contributed by atoms with Crippen molar-refractivity contribution in [3.8, 4) is 0 Å². The van der Waals surface area contributed by atoms with Gasteiger partial charge in [-0.2, -0.15) is 0 Å². The molecule has 3 rings (SSSR count). The van der Waals surface area contributed by atoms with E-state index < -0.39 is 9.84 Å². The van der Waals surface area contributed by atoms with Crippen LogP contribution < -0.4 is 5.32 Å². The molecule has 24 heavy (non-hydrogen) atoms. The van der Waals surface area contributed by atoms with Crippen LogP contribution in [0.5, 0.6) is 0 Å². The van der Waals surface area contributed by atoms with E-state index in [1.165, 1.54) is 11.1 Å². The third-order valence-electron chi connectivity index (χ3n) is 5.29. The van der Waals surface area contributed by atoms with E-state index in [1.54, 1.807) is 0 Å². The van der Waals surface area contributed by atoms with E-state index in [2.05, 4.69) is 48.3 Å². The highest BCUT2D eigenvalue weighted by atomic mass is 32.2. The Kier molecular flexibility index (Phi) is 4.71. The van der Waals surface area contributed by atoms with Gasteiger partial charge < -0.3 is 5.32 Å². The second-order valence-corrected chi connectivity index (χ2v) is 9.80. The van der Waals surface area contributed by atoms with E-state index >= 15 is 0 Å². The van der Waals surface area contributed by atoms with Crippen molar-refractivity contribution in [3.05, 3.63) is 35.4 Å². The van der Waals surface area contributed by atoms with Crippen LogP contribution in [0.2, 0.25) is 0 Å². The van der Waals surface area contributed by atoms with Gasteiger partial charge in [0.1, 0.15) is 0 Å². The number of benzene rings is 1. The number of amides is 1. The van der Waals surface area contributed by atoms with Crippen LogP contribution in [0.3, 0.4) is 0 Å². The largest absolute Gasteiger partial charge is 0.354 e. The molecule has 1 amide bonds. The van der Waals surface area contributed by atoms with Crippen molar-refractivity contribution in [3.63, 3.8) is 0 Å². The summed E-state index contributed by atoms with van der Waals surface area (Å²) < 4.78 is 23.0. The maximum atomic E-state index is 12.3. The van der Waals surface area contributed by atoms with Crippen molar-refractivity contribution in [1.82, 2.24) is 10.2 Å². The van der Waals surface area contributed by atoms with Crippen LogP contribution in [0.15, 0.2) is 24.3 Å². The number of fused-ring (bicyclic) bond motifs is 1. The molecule has 0 aliphatic carbocycles. The standard InChI is InChI=1S/C18H26N2O3S/c1-18(2,13-19-17(21)16-8-10-24(22,23)12-16)20-9-7-14-5-3-4-6-15(14)11-20/h3-6,16H,7-13H2,1-2H3,(H,19,21). The van der Waals surface area contributed by atoms with Gasteiger partial charge in [-0.15, -0.1) is 0 Å². The number of carbonyl (C=O) groups is 1. The number of nitrogens with zero attached hydrogens (tertiary/aromatic N) is 1. The molecule has 0 spiro atoms. The maximum Gasteiger partial charge on any atom is 0.224 e. The summed E-state index contributed by atoms with van der Waals surface area (Å²) in [5.74, 6) is -0.372. The number of carbonyl (C=O) groups excluding carboxylic acids is 1. The molecule has 2 aliphatic rings. The first-order chi connectivity index (χ1) is 11.3. The minimum absolute atomic E-state index is 0.00362. The summed E-state index contributed by atoms with van der Waals surface area (Å²) in [4.78, 5) is 14.7. The molecule has 2 heterocycles. The molecule has 2 aliphatic heterocycles. The molecule has 5 nitrogen and oxygen atoms in total. The number of rotatable bonds is 4. The van der Waals surface area contributed by atoms with Crippen LogP contribution >= 0.6 is 0 Å². The minimum atomic E-state index is -3.02. The van der Waals surface area contributed by atoms with Crippen molar-refractivity contribution in [2.24, 2.45) is 5.92 Å². The van der Waals surface area contributed by atoms with Gasteiger partial charge in [-0.1, -0.05) is 24.3 Å². The van der Waals surface area contributed by atoms with Crippen LogP contribution in [0.25, 0.3) is 0 Å². The van der Waals surface area contributed by atoms with Crippen LogP contribution in [-0.4, -0.2) is 49.4 Å². The van der Waals surface area contributed by atoms with Crippen LogP contribution in [0.1, 0.15) is 31.4 Å². The highest BCUT2D eigenvalue weighted by Gasteiger charge is 2.35. The zero-order chi connectivity index (χ0) is 17.4. The van der Waals surface area contributed by atoms with Crippen molar-refractivity contribution < 1.29 is 13.2 Å². The third kappa shape index (κ3) is 3.81. The van der Waals surface area contributed by atoms with E-state index in [0.717, 1.165) is 19.5 Å². The molecule has 132 valence electrons. The Balaban J connectivity index is 1.58. The topological polar surface area (TPSA) is 66.5 Å². The fourth-order valence-electron chi connectivity index (χ4n) is 3.57. The van der Waals surface area contributed by atoms with Crippen molar-refractivity contribution in [1.29, 1.82) is 0 Å². The van der Waals surface area contributed by atoms with E-state index in [4.69, 9.17) is 0 Å². The summed E-state index contributed by atoms with van der Waals surface area (Å²) in [5.41, 5.74) is 2.59. The first-order valence-electron chi connectivity index (χ1n) is 8.57. The van der Waals surface area contributed by atoms with E-state index in [0.29, 0.717) is 13.0 Å². The molecule has 1 unspecified atom stereocenters. The molecule has 6 heteroatoms. The number of nitrogens with one attached hydrogen (secondary N) is 1. The van der Waals surface area contributed by atoms with E-state index in [-0.39, 0.29) is 28.9 Å². The molecule has 1 fully saturated rings. The molecule has 1 atom stereocenters. The Labute approximate surface area is 144 Å². The summed E-state index contributed by atoms with van der Waals surface area (Å²) in [6.07, 6.45) is 1.47. The normalized spacial score (nSPS) is 23.7. The molecule has 0 saturated carbocycles. The molecule has 0 bridgehead atoms. The first kappa shape index (κ1) is 17.4. The molecule has 0 radical (unpaired) electrons. The molecular formula is C18H26N2O3S. The molecule has 0 aromatic heterocycles. The predicted molar refractivity (Wildman–Crippen MR) is 94.4 cm³/mol. The Bertz CT molecular complexity index is 728. The first-order valence-corrected chi connectivity index (χ1v) is 10.4. The monoisotopic (exact) mass is 350 g/mol. The number of hydrogen-bond donors (Lipinski definition) is 1. The van der Waals surface area contributed by atoms with Gasteiger partial charge in [-0.3, -0.25) is 9.69 Å². The van der Waals surface area contributed by atoms with Gasteiger partial charge in [0.25, 0.3) is 0 Å². The zero-order valence-electron chi connectivity index (χ0n) is 14.4. The average molecular weight is 350 g/mol. The highest BCUT2D eigenvalue weighted by Crippen LogP contribution is 2.25. The second-order valence-electron chi connectivity index (χ2n) is 7.57. The van der Waals surface area contributed by atoms with E-state index in [9.17, 15) is 13.2 Å². The van der Waals surface area contributed by atoms with Crippen molar-refractivity contribution in [2.45, 2.75) is 38.8 Å². The van der Waals surface area contributed by atoms with Gasteiger partial charge in [-0.05, 0) is 37.8 Å². The van der Waals surface area contributed by atoms with Crippen molar-refractivity contribution >= 4 is 15.7 Å². The molecule has 1 aromatic carbocycles. The van der Waals surface area contributed by atoms with Crippen molar-refractivity contribution in [2.75, 3.05) is 24.6 Å². The average Bonchev–Trinajstić information content (AvgIpc) is 2.92. The van der Waals surface area contributed by atoms with Crippen LogP contribution in [-0.2, 0) is 27.6 Å². The predicted octanol–water partition coefficient (Wildman–Crippen LogP) is 1.37. The molecule has 1 N–H and O–H groups in total. The fourth-order valence-corrected chi connectivity index (χ4v) is 5.32. The summed E-state index contributed by atoms with van der Waals surface area (Å²) in [7, 11) is -3.02. The fraction of sp³-hybridized carbons (Fsp3) is 0.611. The van der Waals surface area contributed by atoms with Gasteiger partial charge in [0.05, 0.1) is 17.4 Å². The zero-order valence-corrected chi connectivity index (χ0v) is 15.2. The lowest BCUT2D eigenvalue weighted by Crippen LogP contribution is -2.53. The molecular weight excluding hydrogens is 324 g/mol. The Morgan fingerprint density at radius 1 is 1.29 bits per heavy atom. The van der Waals surface area contributed by atoms with Crippen LogP contribution in [0, 0.1) is 5.92 Å². The molecule has 1 saturated heterocycles. The lowest BCUT2D eigenvalue weighted by molar-refractivity contribution is -0.124. The van der Waals surface area contributed by atoms with Gasteiger partial charge >= 0.3 is 0 Å². The maximum absolute atomic E-state index is 12.3. The Morgan fingerprint density at radius 2 is 2.00 bits per heavy atom. The second kappa shape index (κ2) is 6.48. The summed E-state index contributed by atoms with van der Waals surface area (Å²) in [6, 6.07) is 8.49. The number of sulfone groups is 1. The van der Waals surface area contributed by atoms with Crippen LogP contribution in [0.4, 0.5) is 0 Å². The summed E-state index contributed by atoms with van der Waals surface area (Å²) >= 11 is 0. The smallest absolute Gasteiger partial charge is 0.224 e. The Morgan fingerprint density at radius 3 is 2.67 bits per heavy atom. The Hall–Kier alpha value is -1.40. The lowest BCUT2D eigenvalue weighted by Gasteiger charge is -2.41. The van der Waals surface area contributed by atoms with Gasteiger partial charge in [0, 0.05) is 25.2 Å². The molecule has 1 aromatic rings. The number of hydrogen-bond acceptors (Lipinski definition) is 4. The quantitative estimate of drug-likeness (QED) is 0.891. The van der Waals surface area contributed by atoms with Gasteiger partial charge in [0.15, 0.2) is 9.84 Å².